The number of halogens is 1. The van der Waals surface area contributed by atoms with Crippen molar-refractivity contribution in [2.75, 3.05) is 31.6 Å². The summed E-state index contributed by atoms with van der Waals surface area (Å²) >= 11 is 0. The molecule has 5 nitrogen and oxygen atoms in total. The van der Waals surface area contributed by atoms with Crippen molar-refractivity contribution in [2.24, 2.45) is 0 Å². The highest BCUT2D eigenvalue weighted by Gasteiger charge is 2.12. The van der Waals surface area contributed by atoms with E-state index in [0.29, 0.717) is 5.69 Å². The van der Waals surface area contributed by atoms with Crippen LogP contribution in [0.4, 0.5) is 14.9 Å². The highest BCUT2D eigenvalue weighted by atomic mass is 19.1. The smallest absolute Gasteiger partial charge is 0.322 e. The first-order chi connectivity index (χ1) is 8.17. The molecule has 94 valence electrons. The predicted molar refractivity (Wildman–Crippen MR) is 61.2 cm³/mol. The zero-order valence-electron chi connectivity index (χ0n) is 9.27. The number of amides is 2. The van der Waals surface area contributed by atoms with Crippen LogP contribution in [0, 0.1) is 5.82 Å². The van der Waals surface area contributed by atoms with Crippen LogP contribution in [0.2, 0.25) is 0 Å². The van der Waals surface area contributed by atoms with E-state index >= 15 is 0 Å². The summed E-state index contributed by atoms with van der Waals surface area (Å²) in [6.07, 6.45) is 0. The molecule has 6 heteroatoms. The van der Waals surface area contributed by atoms with Crippen molar-refractivity contribution in [1.82, 2.24) is 4.90 Å². The summed E-state index contributed by atoms with van der Waals surface area (Å²) in [5.74, 6) is -0.446. The third-order valence-corrected chi connectivity index (χ3v) is 2.10. The first-order valence-corrected chi connectivity index (χ1v) is 5.20. The molecule has 2 amide bonds. The number of hydrogen-bond acceptors (Lipinski definition) is 3. The molecule has 0 bridgehead atoms. The number of hydrogen-bond donors (Lipinski definition) is 3. The van der Waals surface area contributed by atoms with Gasteiger partial charge < -0.3 is 20.4 Å². The van der Waals surface area contributed by atoms with Crippen molar-refractivity contribution in [3.05, 3.63) is 30.1 Å². The maximum Gasteiger partial charge on any atom is 0.322 e. The summed E-state index contributed by atoms with van der Waals surface area (Å²) in [7, 11) is 0. The number of anilines is 1. The molecule has 1 aromatic carbocycles. The lowest BCUT2D eigenvalue weighted by molar-refractivity contribution is 0.167. The minimum absolute atomic E-state index is 0.113. The summed E-state index contributed by atoms with van der Waals surface area (Å²) in [5.41, 5.74) is 0.330. The largest absolute Gasteiger partial charge is 0.395 e. The molecule has 0 aliphatic rings. The first kappa shape index (κ1) is 13.4. The van der Waals surface area contributed by atoms with Crippen molar-refractivity contribution in [2.45, 2.75) is 0 Å². The van der Waals surface area contributed by atoms with Crippen LogP contribution in [0.1, 0.15) is 0 Å². The lowest BCUT2D eigenvalue weighted by Crippen LogP contribution is -2.38. The Morgan fingerprint density at radius 2 is 1.94 bits per heavy atom. The first-order valence-electron chi connectivity index (χ1n) is 5.20. The molecule has 0 aromatic heterocycles. The van der Waals surface area contributed by atoms with Gasteiger partial charge in [-0.25, -0.2) is 9.18 Å². The monoisotopic (exact) mass is 242 g/mol. The van der Waals surface area contributed by atoms with E-state index in [1.165, 1.54) is 23.1 Å². The van der Waals surface area contributed by atoms with Gasteiger partial charge in [-0.2, -0.15) is 0 Å². The number of benzene rings is 1. The highest BCUT2D eigenvalue weighted by Crippen LogP contribution is 2.09. The van der Waals surface area contributed by atoms with Crippen molar-refractivity contribution in [3.8, 4) is 0 Å². The van der Waals surface area contributed by atoms with Crippen LogP contribution in [0.5, 0.6) is 0 Å². The standard InChI is InChI=1S/C11H15FN2O3/c12-9-2-1-3-10(8-9)13-11(17)14(4-6-15)5-7-16/h1-3,8,15-16H,4-7H2,(H,13,17). The molecule has 3 N–H and O–H groups in total. The molecular weight excluding hydrogens is 227 g/mol. The second-order valence-electron chi connectivity index (χ2n) is 3.37. The van der Waals surface area contributed by atoms with E-state index in [0.717, 1.165) is 0 Å². The minimum atomic E-state index is -0.487. The molecule has 0 unspecified atom stereocenters. The quantitative estimate of drug-likeness (QED) is 0.709. The lowest BCUT2D eigenvalue weighted by atomic mass is 10.3. The van der Waals surface area contributed by atoms with E-state index in [1.807, 2.05) is 0 Å². The molecule has 0 atom stereocenters. The Morgan fingerprint density at radius 3 is 2.47 bits per heavy atom. The Bertz CT molecular complexity index is 367. The Kier molecular flexibility index (Phi) is 5.38. The third kappa shape index (κ3) is 4.38. The van der Waals surface area contributed by atoms with Gasteiger partial charge in [0, 0.05) is 18.8 Å². The van der Waals surface area contributed by atoms with Gasteiger partial charge in [0.2, 0.25) is 0 Å². The van der Waals surface area contributed by atoms with Gasteiger partial charge in [0.25, 0.3) is 0 Å². The van der Waals surface area contributed by atoms with Crippen LogP contribution < -0.4 is 5.32 Å². The van der Waals surface area contributed by atoms with Gasteiger partial charge in [-0.1, -0.05) is 6.07 Å². The summed E-state index contributed by atoms with van der Waals surface area (Å²) < 4.78 is 12.9. The molecule has 0 spiro atoms. The van der Waals surface area contributed by atoms with Crippen molar-refractivity contribution >= 4 is 11.7 Å². The molecule has 1 rings (SSSR count). The molecule has 0 saturated carbocycles. The highest BCUT2D eigenvalue weighted by molar-refractivity contribution is 5.89. The second-order valence-corrected chi connectivity index (χ2v) is 3.37. The van der Waals surface area contributed by atoms with Crippen LogP contribution in [-0.2, 0) is 0 Å². The van der Waals surface area contributed by atoms with Crippen molar-refractivity contribution in [1.29, 1.82) is 0 Å². The topological polar surface area (TPSA) is 72.8 Å². The molecule has 0 fully saturated rings. The number of rotatable bonds is 5. The normalized spacial score (nSPS) is 10.1. The van der Waals surface area contributed by atoms with E-state index in [2.05, 4.69) is 5.32 Å². The maximum absolute atomic E-state index is 12.9. The van der Waals surface area contributed by atoms with Crippen LogP contribution in [0.15, 0.2) is 24.3 Å². The molecule has 0 radical (unpaired) electrons. The van der Waals surface area contributed by atoms with Crippen LogP contribution in [0.3, 0.4) is 0 Å². The zero-order chi connectivity index (χ0) is 12.7. The average Bonchev–Trinajstić information content (AvgIpc) is 2.28. The van der Waals surface area contributed by atoms with Gasteiger partial charge in [-0.3, -0.25) is 0 Å². The van der Waals surface area contributed by atoms with E-state index in [9.17, 15) is 9.18 Å². The van der Waals surface area contributed by atoms with Gasteiger partial charge >= 0.3 is 6.03 Å². The maximum atomic E-state index is 12.9. The summed E-state index contributed by atoms with van der Waals surface area (Å²) in [5, 5.41) is 20.0. The second kappa shape index (κ2) is 6.82. The van der Waals surface area contributed by atoms with E-state index in [1.54, 1.807) is 6.07 Å². The third-order valence-electron chi connectivity index (χ3n) is 2.10. The van der Waals surface area contributed by atoms with Crippen molar-refractivity contribution < 1.29 is 19.4 Å². The molecule has 0 heterocycles. The zero-order valence-corrected chi connectivity index (χ0v) is 9.27. The summed E-state index contributed by atoms with van der Waals surface area (Å²) in [6.45, 7) is -0.170. The molecular formula is C11H15FN2O3. The Balaban J connectivity index is 2.62. The van der Waals surface area contributed by atoms with Gasteiger partial charge in [0.1, 0.15) is 5.82 Å². The van der Waals surface area contributed by atoms with Crippen molar-refractivity contribution in [3.63, 3.8) is 0 Å². The van der Waals surface area contributed by atoms with Gasteiger partial charge in [-0.05, 0) is 18.2 Å². The van der Waals surface area contributed by atoms with Crippen LogP contribution >= 0.6 is 0 Å². The molecule has 0 saturated heterocycles. The Labute approximate surface area is 98.5 Å². The fourth-order valence-electron chi connectivity index (χ4n) is 1.33. The molecule has 0 aliphatic heterocycles. The molecule has 1 aromatic rings. The Hall–Kier alpha value is -1.66. The molecule has 0 aliphatic carbocycles. The SMILES string of the molecule is O=C(Nc1cccc(F)c1)N(CCO)CCO. The van der Waals surface area contributed by atoms with E-state index in [4.69, 9.17) is 10.2 Å². The number of aliphatic hydroxyl groups is 2. The Morgan fingerprint density at radius 1 is 1.29 bits per heavy atom. The number of nitrogens with one attached hydrogen (secondary N) is 1. The summed E-state index contributed by atoms with van der Waals surface area (Å²) in [6, 6.07) is 5.01. The fraction of sp³-hybridized carbons (Fsp3) is 0.364. The number of nitrogens with zero attached hydrogens (tertiary/aromatic N) is 1. The fourth-order valence-corrected chi connectivity index (χ4v) is 1.33. The number of urea groups is 1. The average molecular weight is 242 g/mol. The van der Waals surface area contributed by atoms with Gasteiger partial charge in [0.05, 0.1) is 13.2 Å². The van der Waals surface area contributed by atoms with E-state index < -0.39 is 11.8 Å². The van der Waals surface area contributed by atoms with Gasteiger partial charge in [-0.15, -0.1) is 0 Å². The van der Waals surface area contributed by atoms with Gasteiger partial charge in [0.15, 0.2) is 0 Å². The lowest BCUT2D eigenvalue weighted by Gasteiger charge is -2.21. The number of carbonyl (C=O) groups is 1. The predicted octanol–water partition coefficient (Wildman–Crippen LogP) is 0.644. The minimum Gasteiger partial charge on any atom is -0.395 e. The molecule has 17 heavy (non-hydrogen) atoms. The number of aliphatic hydroxyl groups excluding tert-OH is 2. The van der Waals surface area contributed by atoms with E-state index in [-0.39, 0.29) is 26.3 Å². The summed E-state index contributed by atoms with van der Waals surface area (Å²) in [4.78, 5) is 12.9. The number of carbonyl (C=O) groups excluding carboxylic acids is 1. The van der Waals surface area contributed by atoms with Crippen LogP contribution in [0.25, 0.3) is 0 Å². The van der Waals surface area contributed by atoms with Crippen LogP contribution in [-0.4, -0.2) is 47.4 Å².